The van der Waals surface area contributed by atoms with Crippen LogP contribution in [0.4, 0.5) is 4.39 Å². The molecule has 2 heterocycles. The molecule has 1 N–H and O–H groups in total. The minimum atomic E-state index is -0.278. The fourth-order valence-electron chi connectivity index (χ4n) is 3.05. The first-order valence-electron chi connectivity index (χ1n) is 7.24. The first-order chi connectivity index (χ1) is 10.8. The van der Waals surface area contributed by atoms with Crippen molar-refractivity contribution in [2.75, 3.05) is 0 Å². The molecule has 0 radical (unpaired) electrons. The Kier molecular flexibility index (Phi) is 3.18. The second-order valence-corrected chi connectivity index (χ2v) is 6.46. The molecule has 3 aromatic rings. The summed E-state index contributed by atoms with van der Waals surface area (Å²) in [6.45, 7) is 0. The van der Waals surface area contributed by atoms with Gasteiger partial charge in [-0.3, -0.25) is 4.40 Å². The highest BCUT2D eigenvalue weighted by molar-refractivity contribution is 7.17. The van der Waals surface area contributed by atoms with Crippen LogP contribution in [0, 0.1) is 5.82 Å². The molecule has 6 heteroatoms. The first-order valence-corrected chi connectivity index (χ1v) is 8.06. The van der Waals surface area contributed by atoms with E-state index in [2.05, 4.69) is 9.56 Å². The second kappa shape index (κ2) is 5.21. The van der Waals surface area contributed by atoms with Gasteiger partial charge in [0.2, 0.25) is 0 Å². The summed E-state index contributed by atoms with van der Waals surface area (Å²) in [4.78, 5) is 6.96. The Morgan fingerprint density at radius 3 is 2.77 bits per heavy atom. The number of fused-ring (bicyclic) bond motifs is 3. The molecule has 1 aliphatic rings. The molecular formula is C16H14FN3OS. The monoisotopic (exact) mass is 315 g/mol. The van der Waals surface area contributed by atoms with E-state index >= 15 is 0 Å². The van der Waals surface area contributed by atoms with Crippen molar-refractivity contribution in [2.24, 2.45) is 5.16 Å². The summed E-state index contributed by atoms with van der Waals surface area (Å²) in [7, 11) is 0. The lowest BCUT2D eigenvalue weighted by molar-refractivity contribution is 0.321. The third kappa shape index (κ3) is 2.02. The summed E-state index contributed by atoms with van der Waals surface area (Å²) in [5.41, 5.74) is 3.56. The molecule has 1 aromatic carbocycles. The zero-order valence-corrected chi connectivity index (χ0v) is 12.6. The van der Waals surface area contributed by atoms with Gasteiger partial charge in [0.15, 0.2) is 4.96 Å². The number of benzene rings is 1. The number of aryl methyl sites for hydroxylation is 2. The quantitative estimate of drug-likeness (QED) is 0.443. The van der Waals surface area contributed by atoms with Gasteiger partial charge in [0.05, 0.1) is 17.6 Å². The topological polar surface area (TPSA) is 49.9 Å². The van der Waals surface area contributed by atoms with Crippen molar-refractivity contribution < 1.29 is 9.60 Å². The van der Waals surface area contributed by atoms with Crippen LogP contribution in [0.3, 0.4) is 0 Å². The first kappa shape index (κ1) is 13.5. The number of halogens is 1. The molecule has 4 rings (SSSR count). The summed E-state index contributed by atoms with van der Waals surface area (Å²) in [6, 6.07) is 6.22. The molecule has 0 atom stereocenters. The predicted octanol–water partition coefficient (Wildman–Crippen LogP) is 3.89. The standard InChI is InChI=1S/C16H14FN3OS/c17-11-7-5-10(6-8-11)15-13(9-18-21)20-12-3-1-2-4-14(12)22-16(20)19-15/h5-9,21H,1-4H2. The number of nitrogens with zero attached hydrogens (tertiary/aromatic N) is 3. The van der Waals surface area contributed by atoms with E-state index in [4.69, 9.17) is 10.2 Å². The average Bonchev–Trinajstić information content (AvgIpc) is 3.05. The van der Waals surface area contributed by atoms with Crippen molar-refractivity contribution in [3.63, 3.8) is 0 Å². The highest BCUT2D eigenvalue weighted by Crippen LogP contribution is 2.34. The molecule has 0 unspecified atom stereocenters. The molecule has 0 aliphatic heterocycles. The number of oxime groups is 1. The Bertz CT molecular complexity index is 864. The van der Waals surface area contributed by atoms with Gasteiger partial charge in [0.1, 0.15) is 5.82 Å². The summed E-state index contributed by atoms with van der Waals surface area (Å²) >= 11 is 1.69. The second-order valence-electron chi connectivity index (χ2n) is 5.39. The van der Waals surface area contributed by atoms with Gasteiger partial charge < -0.3 is 5.21 Å². The van der Waals surface area contributed by atoms with Crippen LogP contribution in [0.2, 0.25) is 0 Å². The van der Waals surface area contributed by atoms with Gasteiger partial charge in [0, 0.05) is 16.1 Å². The fraction of sp³-hybridized carbons (Fsp3) is 0.250. The van der Waals surface area contributed by atoms with Crippen molar-refractivity contribution in [3.8, 4) is 11.3 Å². The van der Waals surface area contributed by atoms with Crippen LogP contribution in [0.25, 0.3) is 16.2 Å². The molecule has 0 amide bonds. The lowest BCUT2D eigenvalue weighted by atomic mass is 10.0. The van der Waals surface area contributed by atoms with E-state index in [9.17, 15) is 4.39 Å². The molecule has 0 fully saturated rings. The molecule has 0 saturated heterocycles. The molecule has 112 valence electrons. The molecule has 4 nitrogen and oxygen atoms in total. The van der Waals surface area contributed by atoms with Crippen molar-refractivity contribution >= 4 is 22.5 Å². The molecule has 0 saturated carbocycles. The van der Waals surface area contributed by atoms with E-state index in [1.165, 1.54) is 41.8 Å². The van der Waals surface area contributed by atoms with E-state index in [-0.39, 0.29) is 5.82 Å². The molecular weight excluding hydrogens is 301 g/mol. The van der Waals surface area contributed by atoms with Crippen LogP contribution < -0.4 is 0 Å². The Balaban J connectivity index is 1.97. The number of hydrogen-bond acceptors (Lipinski definition) is 4. The van der Waals surface area contributed by atoms with Crippen LogP contribution in [0.1, 0.15) is 29.1 Å². The predicted molar refractivity (Wildman–Crippen MR) is 84.5 cm³/mol. The maximum absolute atomic E-state index is 13.1. The molecule has 0 spiro atoms. The summed E-state index contributed by atoms with van der Waals surface area (Å²) in [5, 5.41) is 12.2. The Labute approximate surface area is 130 Å². The van der Waals surface area contributed by atoms with Gasteiger partial charge in [-0.1, -0.05) is 5.16 Å². The lowest BCUT2D eigenvalue weighted by Crippen LogP contribution is -2.05. The Morgan fingerprint density at radius 2 is 2.00 bits per heavy atom. The molecule has 0 bridgehead atoms. The van der Waals surface area contributed by atoms with E-state index in [0.29, 0.717) is 0 Å². The maximum atomic E-state index is 13.1. The Hall–Kier alpha value is -2.21. The third-order valence-electron chi connectivity index (χ3n) is 4.05. The SMILES string of the molecule is ON=Cc1c(-c2ccc(F)cc2)nc2sc3c(n12)CCCC3. The number of rotatable bonds is 2. The van der Waals surface area contributed by atoms with Crippen molar-refractivity contribution in [3.05, 3.63) is 46.3 Å². The van der Waals surface area contributed by atoms with Gasteiger partial charge in [-0.05, 0) is 49.9 Å². The van der Waals surface area contributed by atoms with Crippen LogP contribution >= 0.6 is 11.3 Å². The largest absolute Gasteiger partial charge is 0.411 e. The normalized spacial score (nSPS) is 14.8. The van der Waals surface area contributed by atoms with Gasteiger partial charge in [0.25, 0.3) is 0 Å². The van der Waals surface area contributed by atoms with Crippen molar-refractivity contribution in [2.45, 2.75) is 25.7 Å². The minimum Gasteiger partial charge on any atom is -0.411 e. The van der Waals surface area contributed by atoms with Crippen LogP contribution in [0.5, 0.6) is 0 Å². The van der Waals surface area contributed by atoms with Crippen molar-refractivity contribution in [1.29, 1.82) is 0 Å². The number of aromatic nitrogens is 2. The van der Waals surface area contributed by atoms with Crippen LogP contribution in [0.15, 0.2) is 29.4 Å². The number of imidazole rings is 1. The van der Waals surface area contributed by atoms with E-state index in [0.717, 1.165) is 34.8 Å². The van der Waals surface area contributed by atoms with Crippen LogP contribution in [-0.2, 0) is 12.8 Å². The molecule has 2 aromatic heterocycles. The average molecular weight is 315 g/mol. The highest BCUT2D eigenvalue weighted by atomic mass is 32.1. The van der Waals surface area contributed by atoms with Gasteiger partial charge in [-0.15, -0.1) is 11.3 Å². The minimum absolute atomic E-state index is 0.278. The molecule has 1 aliphatic carbocycles. The summed E-state index contributed by atoms with van der Waals surface area (Å²) in [6.07, 6.45) is 5.90. The number of hydrogen-bond donors (Lipinski definition) is 1. The zero-order valence-electron chi connectivity index (χ0n) is 11.8. The van der Waals surface area contributed by atoms with Crippen molar-refractivity contribution in [1.82, 2.24) is 9.38 Å². The molecule has 22 heavy (non-hydrogen) atoms. The highest BCUT2D eigenvalue weighted by Gasteiger charge is 2.22. The summed E-state index contributed by atoms with van der Waals surface area (Å²) < 4.78 is 15.2. The van der Waals surface area contributed by atoms with E-state index in [1.54, 1.807) is 23.5 Å². The number of thiazole rings is 1. The fourth-order valence-corrected chi connectivity index (χ4v) is 4.27. The zero-order chi connectivity index (χ0) is 15.1. The van der Waals surface area contributed by atoms with Gasteiger partial charge >= 0.3 is 0 Å². The summed E-state index contributed by atoms with van der Waals surface area (Å²) in [5.74, 6) is -0.278. The lowest BCUT2D eigenvalue weighted by Gasteiger charge is -2.11. The van der Waals surface area contributed by atoms with Gasteiger partial charge in [-0.25, -0.2) is 9.37 Å². The Morgan fingerprint density at radius 1 is 1.23 bits per heavy atom. The smallest absolute Gasteiger partial charge is 0.195 e. The van der Waals surface area contributed by atoms with Crippen LogP contribution in [-0.4, -0.2) is 20.8 Å². The maximum Gasteiger partial charge on any atom is 0.195 e. The van der Waals surface area contributed by atoms with E-state index in [1.807, 2.05) is 0 Å². The van der Waals surface area contributed by atoms with Gasteiger partial charge in [-0.2, -0.15) is 0 Å². The van der Waals surface area contributed by atoms with E-state index < -0.39 is 0 Å². The third-order valence-corrected chi connectivity index (χ3v) is 5.20.